The van der Waals surface area contributed by atoms with Gasteiger partial charge in [0.2, 0.25) is 0 Å². The highest BCUT2D eigenvalue weighted by Gasteiger charge is 2.15. The number of rotatable bonds is 7. The molecule has 0 radical (unpaired) electrons. The number of ether oxygens (including phenoxy) is 1. The molecule has 1 fully saturated rings. The van der Waals surface area contributed by atoms with Gasteiger partial charge in [0.15, 0.2) is 5.96 Å². The summed E-state index contributed by atoms with van der Waals surface area (Å²) in [6.07, 6.45) is 2.70. The molecule has 142 valence electrons. The Morgan fingerprint density at radius 1 is 1.28 bits per heavy atom. The van der Waals surface area contributed by atoms with Crippen molar-refractivity contribution in [1.82, 2.24) is 15.5 Å². The molecule has 5 nitrogen and oxygen atoms in total. The largest absolute Gasteiger partial charge is 0.497 e. The highest BCUT2D eigenvalue weighted by molar-refractivity contribution is 14.0. The van der Waals surface area contributed by atoms with Crippen LogP contribution in [0.2, 0.25) is 0 Å². The Hall–Kier alpha value is -1.02. The lowest BCUT2D eigenvalue weighted by atomic mass is 10.0. The predicted molar refractivity (Wildman–Crippen MR) is 116 cm³/mol. The van der Waals surface area contributed by atoms with E-state index >= 15 is 0 Å². The van der Waals surface area contributed by atoms with E-state index in [1.165, 1.54) is 31.5 Å². The zero-order valence-electron chi connectivity index (χ0n) is 15.8. The Kier molecular flexibility index (Phi) is 10.9. The Bertz CT molecular complexity index is 507. The number of halogens is 1. The van der Waals surface area contributed by atoms with E-state index in [9.17, 15) is 0 Å². The van der Waals surface area contributed by atoms with Crippen LogP contribution in [0.3, 0.4) is 0 Å². The number of nitrogens with zero attached hydrogens (tertiary/aromatic N) is 2. The summed E-state index contributed by atoms with van der Waals surface area (Å²) in [6.45, 7) is 10.4. The third kappa shape index (κ3) is 8.27. The lowest BCUT2D eigenvalue weighted by Gasteiger charge is -2.30. The van der Waals surface area contributed by atoms with Gasteiger partial charge in [-0.15, -0.1) is 24.0 Å². The van der Waals surface area contributed by atoms with Crippen LogP contribution in [0.4, 0.5) is 0 Å². The number of aliphatic imine (C=N–C) groups is 1. The summed E-state index contributed by atoms with van der Waals surface area (Å²) >= 11 is 0. The van der Waals surface area contributed by atoms with E-state index in [2.05, 4.69) is 46.5 Å². The molecule has 1 aromatic carbocycles. The van der Waals surface area contributed by atoms with Gasteiger partial charge >= 0.3 is 0 Å². The summed E-state index contributed by atoms with van der Waals surface area (Å²) in [6, 6.07) is 8.06. The maximum Gasteiger partial charge on any atom is 0.191 e. The van der Waals surface area contributed by atoms with Gasteiger partial charge in [-0.05, 0) is 49.9 Å². The molecule has 0 spiro atoms. The first-order valence-electron chi connectivity index (χ1n) is 9.08. The second kappa shape index (κ2) is 12.4. The van der Waals surface area contributed by atoms with Crippen LogP contribution < -0.4 is 15.4 Å². The first kappa shape index (κ1) is 22.0. The quantitative estimate of drug-likeness (QED) is 0.373. The van der Waals surface area contributed by atoms with Crippen LogP contribution in [0.25, 0.3) is 0 Å². The van der Waals surface area contributed by atoms with Crippen molar-refractivity contribution in [1.29, 1.82) is 0 Å². The van der Waals surface area contributed by atoms with Gasteiger partial charge in [-0.3, -0.25) is 0 Å². The van der Waals surface area contributed by atoms with Crippen molar-refractivity contribution in [2.75, 3.05) is 39.8 Å². The van der Waals surface area contributed by atoms with Crippen molar-refractivity contribution in [2.45, 2.75) is 33.2 Å². The molecule has 0 aromatic heterocycles. The maximum atomic E-state index is 5.19. The monoisotopic (exact) mass is 460 g/mol. The van der Waals surface area contributed by atoms with Crippen LogP contribution in [0, 0.1) is 5.92 Å². The normalized spacial score (nSPS) is 18.4. The third-order valence-corrected chi connectivity index (χ3v) is 4.38. The highest BCUT2D eigenvalue weighted by atomic mass is 127. The van der Waals surface area contributed by atoms with Crippen LogP contribution in [0.15, 0.2) is 29.3 Å². The molecule has 1 aromatic rings. The van der Waals surface area contributed by atoms with E-state index in [1.54, 1.807) is 7.11 Å². The molecule has 1 heterocycles. The number of hydrogen-bond acceptors (Lipinski definition) is 3. The van der Waals surface area contributed by atoms with E-state index in [0.717, 1.165) is 37.3 Å². The average molecular weight is 460 g/mol. The van der Waals surface area contributed by atoms with Crippen LogP contribution in [0.5, 0.6) is 5.75 Å². The zero-order chi connectivity index (χ0) is 17.2. The van der Waals surface area contributed by atoms with Gasteiger partial charge in [0, 0.05) is 26.2 Å². The van der Waals surface area contributed by atoms with Gasteiger partial charge in [-0.1, -0.05) is 19.1 Å². The van der Waals surface area contributed by atoms with Crippen molar-refractivity contribution in [3.05, 3.63) is 29.8 Å². The zero-order valence-corrected chi connectivity index (χ0v) is 18.1. The molecule has 1 aliphatic rings. The van der Waals surface area contributed by atoms with Gasteiger partial charge in [0.05, 0.1) is 13.7 Å². The molecule has 2 rings (SSSR count). The minimum atomic E-state index is 0. The Labute approximate surface area is 169 Å². The minimum absolute atomic E-state index is 0. The molecule has 0 saturated carbocycles. The van der Waals surface area contributed by atoms with Gasteiger partial charge in [-0.25, -0.2) is 4.99 Å². The smallest absolute Gasteiger partial charge is 0.191 e. The number of likely N-dealkylation sites (tertiary alicyclic amines) is 1. The number of nitrogens with one attached hydrogen (secondary N) is 2. The highest BCUT2D eigenvalue weighted by Crippen LogP contribution is 2.14. The molecule has 1 unspecified atom stereocenters. The number of guanidine groups is 1. The van der Waals surface area contributed by atoms with Crippen molar-refractivity contribution in [3.8, 4) is 5.75 Å². The number of hydrogen-bond donors (Lipinski definition) is 2. The van der Waals surface area contributed by atoms with E-state index < -0.39 is 0 Å². The fourth-order valence-corrected chi connectivity index (χ4v) is 3.07. The molecule has 2 N–H and O–H groups in total. The van der Waals surface area contributed by atoms with Gasteiger partial charge in [0.1, 0.15) is 5.75 Å². The molecule has 6 heteroatoms. The van der Waals surface area contributed by atoms with Crippen molar-refractivity contribution in [3.63, 3.8) is 0 Å². The predicted octanol–water partition coefficient (Wildman–Crippen LogP) is 3.10. The summed E-state index contributed by atoms with van der Waals surface area (Å²) in [5, 5.41) is 6.77. The van der Waals surface area contributed by atoms with E-state index in [0.29, 0.717) is 6.54 Å². The second-order valence-electron chi connectivity index (χ2n) is 6.52. The summed E-state index contributed by atoms with van der Waals surface area (Å²) in [4.78, 5) is 7.22. The van der Waals surface area contributed by atoms with E-state index in [4.69, 9.17) is 4.74 Å². The number of piperidine rings is 1. The number of methoxy groups -OCH3 is 1. The van der Waals surface area contributed by atoms with E-state index in [-0.39, 0.29) is 24.0 Å². The number of benzene rings is 1. The molecule has 0 amide bonds. The molecule has 1 atom stereocenters. The average Bonchev–Trinajstić information content (AvgIpc) is 2.60. The fraction of sp³-hybridized carbons (Fsp3) is 0.632. The van der Waals surface area contributed by atoms with Gasteiger partial charge in [0.25, 0.3) is 0 Å². The molecule has 25 heavy (non-hydrogen) atoms. The van der Waals surface area contributed by atoms with Crippen LogP contribution in [0.1, 0.15) is 32.3 Å². The summed E-state index contributed by atoms with van der Waals surface area (Å²) < 4.78 is 5.19. The second-order valence-corrected chi connectivity index (χ2v) is 6.52. The summed E-state index contributed by atoms with van der Waals surface area (Å²) in [5.74, 6) is 2.60. The molecular weight excluding hydrogens is 427 g/mol. The molecule has 0 bridgehead atoms. The van der Waals surface area contributed by atoms with Gasteiger partial charge in [-0.2, -0.15) is 0 Å². The van der Waals surface area contributed by atoms with Crippen LogP contribution in [-0.4, -0.2) is 50.7 Å². The fourth-order valence-electron chi connectivity index (χ4n) is 3.07. The molecule has 1 saturated heterocycles. The lowest BCUT2D eigenvalue weighted by molar-refractivity contribution is 0.187. The van der Waals surface area contributed by atoms with E-state index in [1.807, 2.05) is 12.1 Å². The lowest BCUT2D eigenvalue weighted by Crippen LogP contribution is -2.43. The van der Waals surface area contributed by atoms with Crippen LogP contribution >= 0.6 is 24.0 Å². The first-order chi connectivity index (χ1) is 11.7. The minimum Gasteiger partial charge on any atom is -0.497 e. The maximum absolute atomic E-state index is 5.19. The van der Waals surface area contributed by atoms with Gasteiger partial charge < -0.3 is 20.3 Å². The molecule has 1 aliphatic heterocycles. The topological polar surface area (TPSA) is 48.9 Å². The van der Waals surface area contributed by atoms with Crippen LogP contribution in [-0.2, 0) is 6.54 Å². The Balaban J connectivity index is 0.00000312. The standard InChI is InChI=1S/C19H32N4O.HI/c1-4-20-19(21-11-13-23-12-5-6-16(2)15-23)22-14-17-7-9-18(24-3)10-8-17;/h7-10,16H,4-6,11-15H2,1-3H3,(H2,20,21,22);1H. The first-order valence-corrected chi connectivity index (χ1v) is 9.08. The SMILES string of the molecule is CCNC(=NCc1ccc(OC)cc1)NCCN1CCCC(C)C1.I. The summed E-state index contributed by atoms with van der Waals surface area (Å²) in [7, 11) is 1.68. The Morgan fingerprint density at radius 3 is 2.68 bits per heavy atom. The van der Waals surface area contributed by atoms with Crippen molar-refractivity contribution >= 4 is 29.9 Å². The van der Waals surface area contributed by atoms with Crippen molar-refractivity contribution < 1.29 is 4.74 Å². The van der Waals surface area contributed by atoms with Crippen molar-refractivity contribution in [2.24, 2.45) is 10.9 Å². The molecular formula is C19H33IN4O. The third-order valence-electron chi connectivity index (χ3n) is 4.38. The molecule has 0 aliphatic carbocycles. The Morgan fingerprint density at radius 2 is 2.04 bits per heavy atom. The summed E-state index contributed by atoms with van der Waals surface area (Å²) in [5.41, 5.74) is 1.18.